The highest BCUT2D eigenvalue weighted by Gasteiger charge is 2.28. The Labute approximate surface area is 68.7 Å². The van der Waals surface area contributed by atoms with E-state index in [0.29, 0.717) is 11.5 Å². The van der Waals surface area contributed by atoms with Crippen LogP contribution in [0.15, 0.2) is 4.99 Å². The molecule has 0 amide bonds. The first-order valence-electron chi connectivity index (χ1n) is 4.14. The van der Waals surface area contributed by atoms with Gasteiger partial charge in [0.2, 0.25) is 0 Å². The first kappa shape index (κ1) is 8.57. The molecule has 0 bridgehead atoms. The monoisotopic (exact) mass is 155 g/mol. The standard InChI is InChI=1S/C9H17NO/c1-7-5-9(2,3)6-8(10-7)11-4/h7H,5-6H2,1-4H3/t7-/m0/s1. The molecule has 0 aliphatic carbocycles. The van der Waals surface area contributed by atoms with Gasteiger partial charge in [0, 0.05) is 6.42 Å². The van der Waals surface area contributed by atoms with Gasteiger partial charge < -0.3 is 4.74 Å². The summed E-state index contributed by atoms with van der Waals surface area (Å²) >= 11 is 0. The van der Waals surface area contributed by atoms with Crippen LogP contribution in [0.25, 0.3) is 0 Å². The van der Waals surface area contributed by atoms with Gasteiger partial charge in [-0.15, -0.1) is 0 Å². The van der Waals surface area contributed by atoms with E-state index in [1.165, 1.54) is 6.42 Å². The van der Waals surface area contributed by atoms with E-state index in [0.717, 1.165) is 12.3 Å². The van der Waals surface area contributed by atoms with Gasteiger partial charge in [0.15, 0.2) is 5.90 Å². The van der Waals surface area contributed by atoms with Gasteiger partial charge in [0.1, 0.15) is 0 Å². The summed E-state index contributed by atoms with van der Waals surface area (Å²) in [5.74, 6) is 0.911. The molecule has 2 heteroatoms. The summed E-state index contributed by atoms with van der Waals surface area (Å²) in [6.07, 6.45) is 2.15. The van der Waals surface area contributed by atoms with E-state index in [1.807, 2.05) is 0 Å². The lowest BCUT2D eigenvalue weighted by molar-refractivity contribution is 0.263. The van der Waals surface area contributed by atoms with Crippen LogP contribution in [0.1, 0.15) is 33.6 Å². The lowest BCUT2D eigenvalue weighted by atomic mass is 9.81. The minimum absolute atomic E-state index is 0.368. The van der Waals surface area contributed by atoms with Crippen LogP contribution in [0, 0.1) is 5.41 Å². The predicted octanol–water partition coefficient (Wildman–Crippen LogP) is 2.24. The molecule has 0 fully saturated rings. The number of hydrogen-bond acceptors (Lipinski definition) is 2. The molecule has 0 aromatic carbocycles. The van der Waals surface area contributed by atoms with Crippen molar-refractivity contribution in [2.45, 2.75) is 39.7 Å². The second-order valence-electron chi connectivity index (χ2n) is 4.12. The van der Waals surface area contributed by atoms with Crippen LogP contribution in [0.5, 0.6) is 0 Å². The molecule has 0 spiro atoms. The van der Waals surface area contributed by atoms with Crippen LogP contribution >= 0.6 is 0 Å². The molecule has 0 unspecified atom stereocenters. The topological polar surface area (TPSA) is 21.6 Å². The van der Waals surface area contributed by atoms with Crippen LogP contribution in [-0.4, -0.2) is 19.0 Å². The first-order valence-corrected chi connectivity index (χ1v) is 4.14. The van der Waals surface area contributed by atoms with Crippen LogP contribution in [0.2, 0.25) is 0 Å². The minimum atomic E-state index is 0.368. The van der Waals surface area contributed by atoms with E-state index < -0.39 is 0 Å². The van der Waals surface area contributed by atoms with Gasteiger partial charge in [-0.25, -0.2) is 0 Å². The molecule has 0 N–H and O–H groups in total. The Morgan fingerprint density at radius 1 is 1.55 bits per heavy atom. The zero-order valence-electron chi connectivity index (χ0n) is 7.85. The minimum Gasteiger partial charge on any atom is -0.484 e. The Bertz CT molecular complexity index is 172. The van der Waals surface area contributed by atoms with E-state index in [1.54, 1.807) is 7.11 Å². The molecule has 0 saturated carbocycles. The molecule has 0 radical (unpaired) electrons. The number of nitrogens with zero attached hydrogens (tertiary/aromatic N) is 1. The van der Waals surface area contributed by atoms with Gasteiger partial charge in [0.25, 0.3) is 0 Å². The lowest BCUT2D eigenvalue weighted by Crippen LogP contribution is -2.28. The largest absolute Gasteiger partial charge is 0.484 e. The van der Waals surface area contributed by atoms with Crippen molar-refractivity contribution >= 4 is 5.90 Å². The molecule has 11 heavy (non-hydrogen) atoms. The molecule has 1 heterocycles. The van der Waals surface area contributed by atoms with Crippen molar-refractivity contribution in [3.8, 4) is 0 Å². The van der Waals surface area contributed by atoms with Gasteiger partial charge in [0.05, 0.1) is 13.2 Å². The maximum absolute atomic E-state index is 5.15. The van der Waals surface area contributed by atoms with E-state index in [-0.39, 0.29) is 0 Å². The third-order valence-electron chi connectivity index (χ3n) is 2.08. The van der Waals surface area contributed by atoms with Crippen molar-refractivity contribution in [1.29, 1.82) is 0 Å². The Morgan fingerprint density at radius 3 is 2.64 bits per heavy atom. The molecule has 1 atom stereocenters. The number of hydrogen-bond donors (Lipinski definition) is 0. The summed E-state index contributed by atoms with van der Waals surface area (Å²) < 4.78 is 5.15. The van der Waals surface area contributed by atoms with E-state index in [2.05, 4.69) is 25.8 Å². The highest BCUT2D eigenvalue weighted by atomic mass is 16.5. The second kappa shape index (κ2) is 2.84. The number of ether oxygens (including phenoxy) is 1. The second-order valence-corrected chi connectivity index (χ2v) is 4.12. The van der Waals surface area contributed by atoms with Gasteiger partial charge >= 0.3 is 0 Å². The molecule has 1 aliphatic rings. The van der Waals surface area contributed by atoms with E-state index in [4.69, 9.17) is 4.74 Å². The van der Waals surface area contributed by atoms with Crippen molar-refractivity contribution < 1.29 is 4.74 Å². The SMILES string of the molecule is COC1=N[C@@H](C)CC(C)(C)C1. The summed E-state index contributed by atoms with van der Waals surface area (Å²) in [7, 11) is 1.70. The molecular formula is C9H17NO. The van der Waals surface area contributed by atoms with Crippen LogP contribution in [0.4, 0.5) is 0 Å². The van der Waals surface area contributed by atoms with Gasteiger partial charge in [-0.1, -0.05) is 13.8 Å². The predicted molar refractivity (Wildman–Crippen MR) is 46.9 cm³/mol. The molecule has 0 aromatic heterocycles. The lowest BCUT2D eigenvalue weighted by Gasteiger charge is -2.31. The summed E-state index contributed by atoms with van der Waals surface area (Å²) in [6.45, 7) is 6.66. The zero-order chi connectivity index (χ0) is 8.48. The highest BCUT2D eigenvalue weighted by Crippen LogP contribution is 2.32. The quantitative estimate of drug-likeness (QED) is 0.525. The van der Waals surface area contributed by atoms with Crippen molar-refractivity contribution in [2.75, 3.05) is 7.11 Å². The molecule has 0 saturated heterocycles. The number of methoxy groups -OCH3 is 1. The average Bonchev–Trinajstić information content (AvgIpc) is 1.83. The zero-order valence-corrected chi connectivity index (χ0v) is 7.85. The average molecular weight is 155 g/mol. The summed E-state index contributed by atoms with van der Waals surface area (Å²) in [4.78, 5) is 4.39. The molecular weight excluding hydrogens is 138 g/mol. The molecule has 1 aliphatic heterocycles. The highest BCUT2D eigenvalue weighted by molar-refractivity contribution is 5.77. The fourth-order valence-electron chi connectivity index (χ4n) is 1.74. The Kier molecular flexibility index (Phi) is 2.21. The van der Waals surface area contributed by atoms with Crippen molar-refractivity contribution in [2.24, 2.45) is 10.4 Å². The molecule has 64 valence electrons. The molecule has 0 aromatic rings. The maximum Gasteiger partial charge on any atom is 0.183 e. The Hall–Kier alpha value is -0.530. The van der Waals surface area contributed by atoms with Crippen LogP contribution < -0.4 is 0 Å². The van der Waals surface area contributed by atoms with Crippen molar-refractivity contribution in [3.63, 3.8) is 0 Å². The smallest absolute Gasteiger partial charge is 0.183 e. The van der Waals surface area contributed by atoms with Crippen molar-refractivity contribution in [3.05, 3.63) is 0 Å². The molecule has 1 rings (SSSR count). The van der Waals surface area contributed by atoms with Gasteiger partial charge in [-0.3, -0.25) is 4.99 Å². The van der Waals surface area contributed by atoms with Gasteiger partial charge in [-0.2, -0.15) is 0 Å². The third kappa shape index (κ3) is 2.21. The summed E-state index contributed by atoms with van der Waals surface area (Å²) in [6, 6.07) is 0.425. The maximum atomic E-state index is 5.15. The first-order chi connectivity index (χ1) is 5.03. The van der Waals surface area contributed by atoms with E-state index in [9.17, 15) is 0 Å². The third-order valence-corrected chi connectivity index (χ3v) is 2.08. The normalized spacial score (nSPS) is 29.5. The number of aliphatic imine (C=N–C) groups is 1. The molecule has 2 nitrogen and oxygen atoms in total. The Morgan fingerprint density at radius 2 is 2.18 bits per heavy atom. The van der Waals surface area contributed by atoms with Crippen LogP contribution in [0.3, 0.4) is 0 Å². The van der Waals surface area contributed by atoms with Crippen LogP contribution in [-0.2, 0) is 4.74 Å². The fraction of sp³-hybridized carbons (Fsp3) is 0.889. The fourth-order valence-corrected chi connectivity index (χ4v) is 1.74. The van der Waals surface area contributed by atoms with E-state index >= 15 is 0 Å². The summed E-state index contributed by atoms with van der Waals surface area (Å²) in [5, 5.41) is 0. The number of rotatable bonds is 0. The summed E-state index contributed by atoms with van der Waals surface area (Å²) in [5.41, 5.74) is 0.368. The Balaban J connectivity index is 2.70. The van der Waals surface area contributed by atoms with Gasteiger partial charge in [-0.05, 0) is 18.8 Å². The van der Waals surface area contributed by atoms with Crippen molar-refractivity contribution in [1.82, 2.24) is 0 Å².